The third-order valence-electron chi connectivity index (χ3n) is 5.59. The van der Waals surface area contributed by atoms with E-state index in [1.165, 1.54) is 32.1 Å². The van der Waals surface area contributed by atoms with E-state index in [0.29, 0.717) is 12.5 Å². The zero-order chi connectivity index (χ0) is 16.8. The minimum atomic E-state index is -0.135. The topological polar surface area (TPSA) is 64.3 Å². The first-order valence-electron chi connectivity index (χ1n) is 9.46. The van der Waals surface area contributed by atoms with Crippen LogP contribution in [-0.2, 0) is 9.53 Å². The van der Waals surface area contributed by atoms with Crippen LogP contribution in [0.25, 0.3) is 0 Å². The molecule has 4 heteroatoms. The first-order chi connectivity index (χ1) is 11.8. The van der Waals surface area contributed by atoms with Crippen LogP contribution < -0.4 is 11.1 Å². The summed E-state index contributed by atoms with van der Waals surface area (Å²) in [5.41, 5.74) is 7.08. The van der Waals surface area contributed by atoms with E-state index in [1.807, 2.05) is 18.2 Å². The van der Waals surface area contributed by atoms with Crippen LogP contribution in [0, 0.1) is 11.8 Å². The molecule has 2 aliphatic rings. The maximum absolute atomic E-state index is 12.9. The fourth-order valence-electron chi connectivity index (χ4n) is 4.22. The number of carbonyl (C=O) groups excluding carboxylic acids is 1. The van der Waals surface area contributed by atoms with Crippen LogP contribution in [-0.4, -0.2) is 25.1 Å². The van der Waals surface area contributed by atoms with Crippen LogP contribution in [0.4, 0.5) is 0 Å². The first kappa shape index (κ1) is 17.4. The molecule has 1 aliphatic carbocycles. The number of ether oxygens (including phenoxy) is 1. The summed E-state index contributed by atoms with van der Waals surface area (Å²) < 4.78 is 5.97. The lowest BCUT2D eigenvalue weighted by Gasteiger charge is -2.35. The third kappa shape index (κ3) is 4.17. The SMILES string of the molecule is NCC(NC(=O)C1CCCOC1c1ccccc1)C1CCCCC1. The number of rotatable bonds is 5. The molecule has 0 aromatic heterocycles. The molecule has 3 rings (SSSR count). The van der Waals surface area contributed by atoms with Crippen molar-refractivity contribution in [3.8, 4) is 0 Å². The predicted octanol–water partition coefficient (Wildman–Crippen LogP) is 3.18. The minimum absolute atomic E-state index is 0.108. The molecule has 132 valence electrons. The number of hydrogen-bond acceptors (Lipinski definition) is 3. The molecule has 0 radical (unpaired) electrons. The molecule has 1 amide bonds. The van der Waals surface area contributed by atoms with E-state index in [4.69, 9.17) is 10.5 Å². The van der Waals surface area contributed by atoms with E-state index < -0.39 is 0 Å². The van der Waals surface area contributed by atoms with Gasteiger partial charge in [-0.15, -0.1) is 0 Å². The zero-order valence-corrected chi connectivity index (χ0v) is 14.5. The molecule has 1 heterocycles. The van der Waals surface area contributed by atoms with Crippen molar-refractivity contribution in [1.82, 2.24) is 5.32 Å². The molecule has 0 bridgehead atoms. The third-order valence-corrected chi connectivity index (χ3v) is 5.59. The van der Waals surface area contributed by atoms with Crippen molar-refractivity contribution >= 4 is 5.91 Å². The number of benzene rings is 1. The second kappa shape index (κ2) is 8.63. The van der Waals surface area contributed by atoms with Gasteiger partial charge < -0.3 is 15.8 Å². The van der Waals surface area contributed by atoms with Gasteiger partial charge in [0.05, 0.1) is 12.0 Å². The summed E-state index contributed by atoms with van der Waals surface area (Å²) in [6.07, 6.45) is 7.90. The fraction of sp³-hybridized carbons (Fsp3) is 0.650. The number of hydrogen-bond donors (Lipinski definition) is 2. The predicted molar refractivity (Wildman–Crippen MR) is 95.4 cm³/mol. The maximum atomic E-state index is 12.9. The van der Waals surface area contributed by atoms with Crippen LogP contribution in [0.5, 0.6) is 0 Å². The van der Waals surface area contributed by atoms with E-state index in [0.717, 1.165) is 25.0 Å². The summed E-state index contributed by atoms with van der Waals surface area (Å²) in [5.74, 6) is 0.538. The number of amides is 1. The number of carbonyl (C=O) groups is 1. The normalized spacial score (nSPS) is 26.7. The molecule has 1 aliphatic heterocycles. The number of nitrogens with two attached hydrogens (primary N) is 1. The Kier molecular flexibility index (Phi) is 6.27. The van der Waals surface area contributed by atoms with Crippen molar-refractivity contribution in [1.29, 1.82) is 0 Å². The average Bonchev–Trinajstić information content (AvgIpc) is 2.67. The Morgan fingerprint density at radius 2 is 1.88 bits per heavy atom. The van der Waals surface area contributed by atoms with Gasteiger partial charge in [-0.3, -0.25) is 4.79 Å². The van der Waals surface area contributed by atoms with Crippen molar-refractivity contribution in [3.63, 3.8) is 0 Å². The van der Waals surface area contributed by atoms with Crippen molar-refractivity contribution < 1.29 is 9.53 Å². The molecule has 3 unspecified atom stereocenters. The van der Waals surface area contributed by atoms with Gasteiger partial charge in [0.15, 0.2) is 0 Å². The summed E-state index contributed by atoms with van der Waals surface area (Å²) in [5, 5.41) is 3.26. The highest BCUT2D eigenvalue weighted by molar-refractivity contribution is 5.80. The second-order valence-corrected chi connectivity index (χ2v) is 7.20. The van der Waals surface area contributed by atoms with Gasteiger partial charge in [0.1, 0.15) is 0 Å². The highest BCUT2D eigenvalue weighted by atomic mass is 16.5. The Balaban J connectivity index is 1.67. The number of nitrogens with one attached hydrogen (secondary N) is 1. The van der Waals surface area contributed by atoms with Crippen LogP contribution in [0.15, 0.2) is 30.3 Å². The maximum Gasteiger partial charge on any atom is 0.226 e. The Morgan fingerprint density at radius 3 is 2.58 bits per heavy atom. The molecule has 3 atom stereocenters. The van der Waals surface area contributed by atoms with Gasteiger partial charge in [0, 0.05) is 19.2 Å². The van der Waals surface area contributed by atoms with E-state index in [9.17, 15) is 4.79 Å². The van der Waals surface area contributed by atoms with Gasteiger partial charge in [-0.1, -0.05) is 49.6 Å². The van der Waals surface area contributed by atoms with Crippen LogP contribution in [0.1, 0.15) is 56.6 Å². The molecular weight excluding hydrogens is 300 g/mol. The molecule has 0 spiro atoms. The molecule has 3 N–H and O–H groups in total. The Hall–Kier alpha value is -1.39. The van der Waals surface area contributed by atoms with Crippen molar-refractivity contribution in [3.05, 3.63) is 35.9 Å². The largest absolute Gasteiger partial charge is 0.373 e. The van der Waals surface area contributed by atoms with Crippen molar-refractivity contribution in [2.75, 3.05) is 13.2 Å². The second-order valence-electron chi connectivity index (χ2n) is 7.20. The fourth-order valence-corrected chi connectivity index (χ4v) is 4.22. The summed E-state index contributed by atoms with van der Waals surface area (Å²) in [6, 6.07) is 10.2. The summed E-state index contributed by atoms with van der Waals surface area (Å²) >= 11 is 0. The van der Waals surface area contributed by atoms with Crippen LogP contribution >= 0.6 is 0 Å². The first-order valence-corrected chi connectivity index (χ1v) is 9.46. The summed E-state index contributed by atoms with van der Waals surface area (Å²) in [6.45, 7) is 1.26. The van der Waals surface area contributed by atoms with Crippen LogP contribution in [0.3, 0.4) is 0 Å². The summed E-state index contributed by atoms with van der Waals surface area (Å²) in [7, 11) is 0. The molecule has 1 aromatic carbocycles. The quantitative estimate of drug-likeness (QED) is 0.871. The van der Waals surface area contributed by atoms with Crippen molar-refractivity contribution in [2.24, 2.45) is 17.6 Å². The Labute approximate surface area is 145 Å². The summed E-state index contributed by atoms with van der Waals surface area (Å²) in [4.78, 5) is 12.9. The smallest absolute Gasteiger partial charge is 0.226 e. The lowest BCUT2D eigenvalue weighted by molar-refractivity contribution is -0.135. The molecule has 1 saturated heterocycles. The molecule has 24 heavy (non-hydrogen) atoms. The molecule has 1 saturated carbocycles. The average molecular weight is 330 g/mol. The molecule has 1 aromatic rings. The van der Waals surface area contributed by atoms with Crippen molar-refractivity contribution in [2.45, 2.75) is 57.1 Å². The highest BCUT2D eigenvalue weighted by Gasteiger charge is 2.35. The zero-order valence-electron chi connectivity index (χ0n) is 14.5. The monoisotopic (exact) mass is 330 g/mol. The molecule has 2 fully saturated rings. The Bertz CT molecular complexity index is 514. The van der Waals surface area contributed by atoms with Gasteiger partial charge in [-0.2, -0.15) is 0 Å². The highest BCUT2D eigenvalue weighted by Crippen LogP contribution is 2.34. The van der Waals surface area contributed by atoms with Gasteiger partial charge in [-0.25, -0.2) is 0 Å². The molecule has 4 nitrogen and oxygen atoms in total. The lowest BCUT2D eigenvalue weighted by Crippen LogP contribution is -2.49. The van der Waals surface area contributed by atoms with Gasteiger partial charge in [0.2, 0.25) is 5.91 Å². The standard InChI is InChI=1S/C20H30N2O2/c21-14-18(15-8-3-1-4-9-15)22-20(23)17-12-7-13-24-19(17)16-10-5-2-6-11-16/h2,5-6,10-11,15,17-19H,1,3-4,7-9,12-14,21H2,(H,22,23). The Morgan fingerprint density at radius 1 is 1.12 bits per heavy atom. The van der Waals surface area contributed by atoms with E-state index in [2.05, 4.69) is 17.4 Å². The van der Waals surface area contributed by atoms with E-state index >= 15 is 0 Å². The van der Waals surface area contributed by atoms with E-state index in [1.54, 1.807) is 0 Å². The minimum Gasteiger partial charge on any atom is -0.373 e. The van der Waals surface area contributed by atoms with Gasteiger partial charge >= 0.3 is 0 Å². The van der Waals surface area contributed by atoms with Gasteiger partial charge in [0.25, 0.3) is 0 Å². The lowest BCUT2D eigenvalue weighted by atomic mass is 9.83. The van der Waals surface area contributed by atoms with Crippen LogP contribution in [0.2, 0.25) is 0 Å². The van der Waals surface area contributed by atoms with E-state index in [-0.39, 0.29) is 24.0 Å². The van der Waals surface area contributed by atoms with Gasteiger partial charge in [-0.05, 0) is 37.2 Å². The molecular formula is C20H30N2O2.